The summed E-state index contributed by atoms with van der Waals surface area (Å²) in [6.07, 6.45) is 0. The Kier molecular flexibility index (Phi) is 5.37. The molecule has 2 aromatic carbocycles. The first-order valence-electron chi connectivity index (χ1n) is 8.42. The summed E-state index contributed by atoms with van der Waals surface area (Å²) in [6.45, 7) is 3.89. The van der Waals surface area contributed by atoms with E-state index in [1.165, 1.54) is 28.6 Å². The molecule has 0 unspecified atom stereocenters. The Morgan fingerprint density at radius 3 is 2.27 bits per heavy atom. The van der Waals surface area contributed by atoms with E-state index in [1.54, 1.807) is 24.3 Å². The van der Waals surface area contributed by atoms with Gasteiger partial charge in [0.2, 0.25) is 10.0 Å². The summed E-state index contributed by atoms with van der Waals surface area (Å²) in [5, 5.41) is 9.17. The highest BCUT2D eigenvalue weighted by molar-refractivity contribution is 7.89. The summed E-state index contributed by atoms with van der Waals surface area (Å²) in [5.41, 5.74) is 1.16. The molecule has 0 aliphatic carbocycles. The highest BCUT2D eigenvalue weighted by Gasteiger charge is 2.31. The fraction of sp³-hybridized carbons (Fsp3) is 0.316. The van der Waals surface area contributed by atoms with Gasteiger partial charge in [-0.1, -0.05) is 24.3 Å². The smallest absolute Gasteiger partial charge is 0.244 e. The minimum Gasteiger partial charge on any atom is -0.294 e. The fourth-order valence-corrected chi connectivity index (χ4v) is 4.77. The van der Waals surface area contributed by atoms with Gasteiger partial charge in [0.05, 0.1) is 10.5 Å². The van der Waals surface area contributed by atoms with Crippen molar-refractivity contribution in [1.82, 2.24) is 9.21 Å². The SMILES string of the molecule is C[C@H](c1ccc(F)cc1)N1CCN(S(=O)(=O)c2ccccc2C#N)CC1. The topological polar surface area (TPSA) is 64.4 Å². The Morgan fingerprint density at radius 2 is 1.65 bits per heavy atom. The zero-order chi connectivity index (χ0) is 18.7. The van der Waals surface area contributed by atoms with E-state index in [-0.39, 0.29) is 22.3 Å². The third-order valence-electron chi connectivity index (χ3n) is 4.80. The number of sulfonamides is 1. The van der Waals surface area contributed by atoms with Crippen LogP contribution >= 0.6 is 0 Å². The summed E-state index contributed by atoms with van der Waals surface area (Å²) in [4.78, 5) is 2.23. The molecule has 0 saturated carbocycles. The van der Waals surface area contributed by atoms with Crippen molar-refractivity contribution in [2.75, 3.05) is 26.2 Å². The normalized spacial score (nSPS) is 17.6. The second-order valence-corrected chi connectivity index (χ2v) is 8.18. The summed E-state index contributed by atoms with van der Waals surface area (Å²) in [6, 6.07) is 14.7. The molecule has 0 N–H and O–H groups in total. The van der Waals surface area contributed by atoms with Gasteiger partial charge in [0.25, 0.3) is 0 Å². The van der Waals surface area contributed by atoms with Gasteiger partial charge >= 0.3 is 0 Å². The fourth-order valence-electron chi connectivity index (χ4n) is 3.21. The minimum atomic E-state index is -3.69. The predicted octanol–water partition coefficient (Wildman–Crippen LogP) is 2.76. The molecule has 1 saturated heterocycles. The van der Waals surface area contributed by atoms with Crippen molar-refractivity contribution in [1.29, 1.82) is 5.26 Å². The van der Waals surface area contributed by atoms with Crippen molar-refractivity contribution in [3.63, 3.8) is 0 Å². The Labute approximate surface area is 153 Å². The van der Waals surface area contributed by atoms with Crippen molar-refractivity contribution in [3.05, 3.63) is 65.5 Å². The number of benzene rings is 2. The first kappa shape index (κ1) is 18.5. The maximum atomic E-state index is 13.1. The van der Waals surface area contributed by atoms with Crippen molar-refractivity contribution in [2.45, 2.75) is 17.9 Å². The van der Waals surface area contributed by atoms with Crippen LogP contribution < -0.4 is 0 Å². The van der Waals surface area contributed by atoms with E-state index in [1.807, 2.05) is 13.0 Å². The third-order valence-corrected chi connectivity index (χ3v) is 6.76. The Morgan fingerprint density at radius 1 is 1.04 bits per heavy atom. The third kappa shape index (κ3) is 3.63. The minimum absolute atomic E-state index is 0.0579. The van der Waals surface area contributed by atoms with Crippen LogP contribution in [0, 0.1) is 17.1 Å². The summed E-state index contributed by atoms with van der Waals surface area (Å²) < 4.78 is 40.2. The Balaban J connectivity index is 1.72. The maximum absolute atomic E-state index is 13.1. The number of rotatable bonds is 4. The quantitative estimate of drug-likeness (QED) is 0.827. The molecule has 0 amide bonds. The number of nitrogens with zero attached hydrogens (tertiary/aromatic N) is 3. The van der Waals surface area contributed by atoms with Crippen LogP contribution in [-0.4, -0.2) is 43.8 Å². The van der Waals surface area contributed by atoms with Crippen molar-refractivity contribution < 1.29 is 12.8 Å². The van der Waals surface area contributed by atoms with Crippen LogP contribution in [0.2, 0.25) is 0 Å². The lowest BCUT2D eigenvalue weighted by Gasteiger charge is -2.37. The van der Waals surface area contributed by atoms with E-state index in [2.05, 4.69) is 4.90 Å². The molecule has 0 spiro atoms. The van der Waals surface area contributed by atoms with Gasteiger partial charge in [-0.15, -0.1) is 0 Å². The largest absolute Gasteiger partial charge is 0.294 e. The van der Waals surface area contributed by atoms with E-state index >= 15 is 0 Å². The average Bonchev–Trinajstić information content (AvgIpc) is 2.68. The maximum Gasteiger partial charge on any atom is 0.244 e. The predicted molar refractivity (Wildman–Crippen MR) is 96.3 cm³/mol. The lowest BCUT2D eigenvalue weighted by Crippen LogP contribution is -2.49. The van der Waals surface area contributed by atoms with Crippen LogP contribution in [0.1, 0.15) is 24.1 Å². The molecule has 1 fully saturated rings. The molecule has 7 heteroatoms. The first-order valence-corrected chi connectivity index (χ1v) is 9.86. The van der Waals surface area contributed by atoms with Gasteiger partial charge in [0.1, 0.15) is 11.9 Å². The number of hydrogen-bond acceptors (Lipinski definition) is 4. The molecule has 136 valence electrons. The van der Waals surface area contributed by atoms with Gasteiger partial charge in [-0.3, -0.25) is 4.90 Å². The molecule has 5 nitrogen and oxygen atoms in total. The molecule has 0 radical (unpaired) electrons. The second kappa shape index (κ2) is 7.54. The molecule has 2 aromatic rings. The number of halogens is 1. The highest BCUT2D eigenvalue weighted by Crippen LogP contribution is 2.25. The molecule has 1 aliphatic rings. The lowest BCUT2D eigenvalue weighted by molar-refractivity contribution is 0.146. The van der Waals surface area contributed by atoms with Gasteiger partial charge in [0, 0.05) is 32.2 Å². The highest BCUT2D eigenvalue weighted by atomic mass is 32.2. The molecule has 0 bridgehead atoms. The number of piperazine rings is 1. The summed E-state index contributed by atoms with van der Waals surface area (Å²) in [7, 11) is -3.69. The van der Waals surface area contributed by atoms with E-state index in [4.69, 9.17) is 0 Å². The van der Waals surface area contributed by atoms with Crippen LogP contribution in [-0.2, 0) is 10.0 Å². The molecule has 1 atom stereocenters. The van der Waals surface area contributed by atoms with Gasteiger partial charge in [-0.2, -0.15) is 9.57 Å². The zero-order valence-electron chi connectivity index (χ0n) is 14.5. The molecular formula is C19H20FN3O2S. The summed E-state index contributed by atoms with van der Waals surface area (Å²) >= 11 is 0. The van der Waals surface area contributed by atoms with Crippen LogP contribution in [0.25, 0.3) is 0 Å². The molecular weight excluding hydrogens is 353 g/mol. The molecule has 1 aliphatic heterocycles. The van der Waals surface area contributed by atoms with Crippen molar-refractivity contribution >= 4 is 10.0 Å². The Bertz CT molecular complexity index is 915. The Hall–Kier alpha value is -2.27. The van der Waals surface area contributed by atoms with Crippen LogP contribution in [0.3, 0.4) is 0 Å². The van der Waals surface area contributed by atoms with E-state index in [0.717, 1.165) is 5.56 Å². The van der Waals surface area contributed by atoms with Gasteiger partial charge in [0.15, 0.2) is 0 Å². The van der Waals surface area contributed by atoms with Crippen LogP contribution in [0.4, 0.5) is 4.39 Å². The number of nitriles is 1. The molecule has 1 heterocycles. The second-order valence-electron chi connectivity index (χ2n) is 6.28. The zero-order valence-corrected chi connectivity index (χ0v) is 15.3. The van der Waals surface area contributed by atoms with Gasteiger partial charge < -0.3 is 0 Å². The van der Waals surface area contributed by atoms with E-state index < -0.39 is 10.0 Å². The number of hydrogen-bond donors (Lipinski definition) is 0. The van der Waals surface area contributed by atoms with Gasteiger partial charge in [-0.25, -0.2) is 12.8 Å². The van der Waals surface area contributed by atoms with Crippen LogP contribution in [0.15, 0.2) is 53.4 Å². The average molecular weight is 373 g/mol. The molecule has 3 rings (SSSR count). The van der Waals surface area contributed by atoms with Crippen LogP contribution in [0.5, 0.6) is 0 Å². The van der Waals surface area contributed by atoms with Gasteiger partial charge in [-0.05, 0) is 36.8 Å². The van der Waals surface area contributed by atoms with Crippen molar-refractivity contribution in [3.8, 4) is 6.07 Å². The first-order chi connectivity index (χ1) is 12.4. The lowest BCUT2D eigenvalue weighted by atomic mass is 10.1. The monoisotopic (exact) mass is 373 g/mol. The molecule has 26 heavy (non-hydrogen) atoms. The van der Waals surface area contributed by atoms with E-state index in [9.17, 15) is 18.1 Å². The van der Waals surface area contributed by atoms with Crippen molar-refractivity contribution in [2.24, 2.45) is 0 Å². The molecule has 0 aromatic heterocycles. The standard InChI is InChI=1S/C19H20FN3O2S/c1-15(16-6-8-18(20)9-7-16)22-10-12-23(13-11-22)26(24,25)19-5-3-2-4-17(19)14-21/h2-9,15H,10-13H2,1H3/t15-/m1/s1. The van der Waals surface area contributed by atoms with E-state index in [0.29, 0.717) is 26.2 Å². The summed E-state index contributed by atoms with van der Waals surface area (Å²) in [5.74, 6) is -0.270.